The summed E-state index contributed by atoms with van der Waals surface area (Å²) in [6.07, 6.45) is 0.807. The normalized spacial score (nSPS) is 11.5. The van der Waals surface area contributed by atoms with Gasteiger partial charge >= 0.3 is 0 Å². The highest BCUT2D eigenvalue weighted by atomic mass is 35.5. The molecule has 0 aliphatic rings. The van der Waals surface area contributed by atoms with Crippen molar-refractivity contribution < 1.29 is 17.6 Å². The van der Waals surface area contributed by atoms with Gasteiger partial charge in [-0.15, -0.1) is 0 Å². The molecule has 0 saturated heterocycles. The van der Waals surface area contributed by atoms with Crippen molar-refractivity contribution in [1.82, 2.24) is 0 Å². The van der Waals surface area contributed by atoms with Crippen LogP contribution >= 0.6 is 11.6 Å². The number of rotatable bonds is 4. The standard InChI is InChI=1S/C10H11ClFNO3S/c1-2-3-9(14)6-4-8(12)10(5-7(6)11)17(13,15)16/h4-5H,2-3H2,1H3,(H2,13,15,16). The van der Waals surface area contributed by atoms with E-state index in [1.807, 2.05) is 0 Å². The molecule has 7 heteroatoms. The smallest absolute Gasteiger partial charge is 0.241 e. The van der Waals surface area contributed by atoms with Crippen molar-refractivity contribution in [3.8, 4) is 0 Å². The third-order valence-corrected chi connectivity index (χ3v) is 3.34. The van der Waals surface area contributed by atoms with E-state index in [-0.39, 0.29) is 22.8 Å². The molecule has 1 aromatic carbocycles. The van der Waals surface area contributed by atoms with Crippen molar-refractivity contribution in [2.75, 3.05) is 0 Å². The van der Waals surface area contributed by atoms with Gasteiger partial charge in [0.15, 0.2) is 5.78 Å². The number of nitrogens with two attached hydrogens (primary N) is 1. The first-order valence-electron chi connectivity index (χ1n) is 4.82. The number of ketones is 1. The molecule has 0 radical (unpaired) electrons. The van der Waals surface area contributed by atoms with Gasteiger partial charge in [-0.3, -0.25) is 4.79 Å². The average molecular weight is 280 g/mol. The van der Waals surface area contributed by atoms with Crippen LogP contribution in [0, 0.1) is 5.82 Å². The Labute approximate surface area is 104 Å². The van der Waals surface area contributed by atoms with E-state index in [0.717, 1.165) is 12.1 Å². The minimum Gasteiger partial charge on any atom is -0.294 e. The summed E-state index contributed by atoms with van der Waals surface area (Å²) in [5.41, 5.74) is -0.0292. The van der Waals surface area contributed by atoms with E-state index >= 15 is 0 Å². The summed E-state index contributed by atoms with van der Waals surface area (Å²) >= 11 is 5.73. The molecule has 1 rings (SSSR count). The molecule has 0 saturated carbocycles. The van der Waals surface area contributed by atoms with Crippen molar-refractivity contribution in [2.45, 2.75) is 24.7 Å². The van der Waals surface area contributed by atoms with E-state index in [9.17, 15) is 17.6 Å². The predicted octanol–water partition coefficient (Wildman–Crippen LogP) is 2.11. The first kappa shape index (κ1) is 14.1. The first-order valence-corrected chi connectivity index (χ1v) is 6.74. The molecule has 0 aromatic heterocycles. The van der Waals surface area contributed by atoms with Gasteiger partial charge in [0, 0.05) is 12.0 Å². The molecule has 17 heavy (non-hydrogen) atoms. The Hall–Kier alpha value is -0.980. The largest absolute Gasteiger partial charge is 0.294 e. The lowest BCUT2D eigenvalue weighted by molar-refractivity contribution is 0.0981. The van der Waals surface area contributed by atoms with Crippen LogP contribution < -0.4 is 5.14 Å². The number of carbonyl (C=O) groups is 1. The molecule has 1 aromatic rings. The van der Waals surface area contributed by atoms with Crippen molar-refractivity contribution in [2.24, 2.45) is 5.14 Å². The van der Waals surface area contributed by atoms with Crippen LogP contribution in [0.5, 0.6) is 0 Å². The maximum absolute atomic E-state index is 13.5. The molecule has 4 nitrogen and oxygen atoms in total. The summed E-state index contributed by atoms with van der Waals surface area (Å²) in [5.74, 6) is -1.41. The highest BCUT2D eigenvalue weighted by molar-refractivity contribution is 7.89. The van der Waals surface area contributed by atoms with Gasteiger partial charge < -0.3 is 0 Å². The fourth-order valence-electron chi connectivity index (χ4n) is 1.32. The van der Waals surface area contributed by atoms with Crippen LogP contribution in [-0.2, 0) is 10.0 Å². The summed E-state index contributed by atoms with van der Waals surface area (Å²) in [7, 11) is -4.18. The fourth-order valence-corrected chi connectivity index (χ4v) is 2.27. The van der Waals surface area contributed by atoms with Crippen molar-refractivity contribution in [3.63, 3.8) is 0 Å². The maximum Gasteiger partial charge on any atom is 0.241 e. The number of benzene rings is 1. The number of halogens is 2. The van der Waals surface area contributed by atoms with Crippen LogP contribution in [0.4, 0.5) is 4.39 Å². The molecule has 0 heterocycles. The molecule has 0 spiro atoms. The van der Waals surface area contributed by atoms with Crippen LogP contribution in [-0.4, -0.2) is 14.2 Å². The topological polar surface area (TPSA) is 77.2 Å². The second kappa shape index (κ2) is 5.12. The van der Waals surface area contributed by atoms with Crippen LogP contribution in [0.3, 0.4) is 0 Å². The third kappa shape index (κ3) is 3.24. The highest BCUT2D eigenvalue weighted by Crippen LogP contribution is 2.24. The summed E-state index contributed by atoms with van der Waals surface area (Å²) in [6, 6.07) is 1.66. The molecule has 0 amide bonds. The molecule has 0 atom stereocenters. The maximum atomic E-state index is 13.5. The van der Waals surface area contributed by atoms with Gasteiger partial charge in [0.05, 0.1) is 5.02 Å². The molecule has 0 aliphatic carbocycles. The summed E-state index contributed by atoms with van der Waals surface area (Å²) < 4.78 is 35.5. The van der Waals surface area contributed by atoms with Crippen LogP contribution in [0.1, 0.15) is 30.1 Å². The second-order valence-electron chi connectivity index (χ2n) is 3.48. The Bertz CT molecular complexity index is 557. The molecular formula is C10H11ClFNO3S. The van der Waals surface area contributed by atoms with Crippen LogP contribution in [0.25, 0.3) is 0 Å². The summed E-state index contributed by atoms with van der Waals surface area (Å²) in [6.45, 7) is 1.79. The first-order chi connectivity index (χ1) is 7.77. The summed E-state index contributed by atoms with van der Waals surface area (Å²) in [4.78, 5) is 10.8. The Morgan fingerprint density at radius 3 is 2.53 bits per heavy atom. The van der Waals surface area contributed by atoms with Gasteiger partial charge in [-0.25, -0.2) is 17.9 Å². The van der Waals surface area contributed by atoms with Crippen molar-refractivity contribution in [3.05, 3.63) is 28.5 Å². The monoisotopic (exact) mass is 279 g/mol. The van der Waals surface area contributed by atoms with E-state index < -0.39 is 20.7 Å². The third-order valence-electron chi connectivity index (χ3n) is 2.11. The van der Waals surface area contributed by atoms with E-state index in [2.05, 4.69) is 0 Å². The number of hydrogen-bond acceptors (Lipinski definition) is 3. The fraction of sp³-hybridized carbons (Fsp3) is 0.300. The van der Waals surface area contributed by atoms with E-state index in [1.165, 1.54) is 0 Å². The molecule has 0 bridgehead atoms. The number of sulfonamides is 1. The van der Waals surface area contributed by atoms with Crippen LogP contribution in [0.2, 0.25) is 5.02 Å². The molecular weight excluding hydrogens is 269 g/mol. The van der Waals surface area contributed by atoms with Gasteiger partial charge in [0.1, 0.15) is 10.7 Å². The number of Topliss-reactive ketones (excluding diaryl/α,β-unsaturated/α-hetero) is 1. The molecule has 0 unspecified atom stereocenters. The zero-order valence-electron chi connectivity index (χ0n) is 9.04. The van der Waals surface area contributed by atoms with E-state index in [0.29, 0.717) is 6.42 Å². The van der Waals surface area contributed by atoms with Gasteiger partial charge in [0.2, 0.25) is 10.0 Å². The minimum atomic E-state index is -4.18. The van der Waals surface area contributed by atoms with Gasteiger partial charge in [-0.05, 0) is 18.6 Å². The lowest BCUT2D eigenvalue weighted by Gasteiger charge is -2.06. The molecule has 2 N–H and O–H groups in total. The van der Waals surface area contributed by atoms with Gasteiger partial charge in [-0.1, -0.05) is 18.5 Å². The zero-order valence-corrected chi connectivity index (χ0v) is 10.6. The minimum absolute atomic E-state index is 0.0292. The quantitative estimate of drug-likeness (QED) is 0.858. The Morgan fingerprint density at radius 1 is 1.47 bits per heavy atom. The number of primary sulfonamides is 1. The molecule has 94 valence electrons. The number of carbonyl (C=O) groups excluding carboxylic acids is 1. The van der Waals surface area contributed by atoms with E-state index in [4.69, 9.17) is 16.7 Å². The summed E-state index contributed by atoms with van der Waals surface area (Å²) in [5, 5.41) is 4.68. The van der Waals surface area contributed by atoms with Gasteiger partial charge in [0.25, 0.3) is 0 Å². The lowest BCUT2D eigenvalue weighted by Crippen LogP contribution is -2.15. The predicted molar refractivity (Wildman–Crippen MR) is 62.0 cm³/mol. The lowest BCUT2D eigenvalue weighted by atomic mass is 10.1. The SMILES string of the molecule is CCCC(=O)c1cc(F)c(S(N)(=O)=O)cc1Cl. The Morgan fingerprint density at radius 2 is 2.06 bits per heavy atom. The average Bonchev–Trinajstić information content (AvgIpc) is 2.19. The highest BCUT2D eigenvalue weighted by Gasteiger charge is 2.19. The van der Waals surface area contributed by atoms with Gasteiger partial charge in [-0.2, -0.15) is 0 Å². The second-order valence-corrected chi connectivity index (χ2v) is 5.42. The zero-order chi connectivity index (χ0) is 13.2. The van der Waals surface area contributed by atoms with E-state index in [1.54, 1.807) is 6.92 Å². The molecule has 0 aliphatic heterocycles. The van der Waals surface area contributed by atoms with Crippen molar-refractivity contribution in [1.29, 1.82) is 0 Å². The van der Waals surface area contributed by atoms with Crippen molar-refractivity contribution >= 4 is 27.4 Å². The molecule has 0 fully saturated rings. The Balaban J connectivity index is 3.33. The number of hydrogen-bond donors (Lipinski definition) is 1. The van der Waals surface area contributed by atoms with Crippen LogP contribution in [0.15, 0.2) is 17.0 Å². The Kier molecular flexibility index (Phi) is 4.24.